The molecule has 6 atom stereocenters. The standard InChI is InChI=1S/C35H48N10O13S4/c1-59-27-7-8-38-31(45-27)24(62-15-22(33(54)40-13-30(51)52)44-26(48)6-4-19(37)35(57)58)10-17(46)9-23(20-11-28(60-2)42-16-41-20)61-14-21(32(53)39-12-29(49)50)43-25(47)5-3-18(36)34(55)56/h7-8,11,16,18-19,21-24H,3-6,9-10,12-15,36-37H2,1-2H3,(H,39,53)(H,40,54)(H,43,47)(H,44,48)(H,49,50)(H,51,52)(H,55,56)(H,57,58)/t18-,19+,21-,22-,23?,24?/m0/s1. The molecule has 340 valence electrons. The fourth-order valence-corrected chi connectivity index (χ4v) is 8.21. The number of carbonyl (C=O) groups is 9. The summed E-state index contributed by atoms with van der Waals surface area (Å²) in [6.45, 7) is -1.54. The van der Waals surface area contributed by atoms with Crippen molar-refractivity contribution in [2.45, 2.75) is 83.2 Å². The summed E-state index contributed by atoms with van der Waals surface area (Å²) in [4.78, 5) is 128. The van der Waals surface area contributed by atoms with Crippen LogP contribution in [0.3, 0.4) is 0 Å². The van der Waals surface area contributed by atoms with E-state index in [-0.39, 0.29) is 61.6 Å². The van der Waals surface area contributed by atoms with E-state index in [9.17, 15) is 43.2 Å². The fourth-order valence-electron chi connectivity index (χ4n) is 4.95. The molecule has 0 saturated heterocycles. The van der Waals surface area contributed by atoms with Crippen LogP contribution >= 0.6 is 47.0 Å². The lowest BCUT2D eigenvalue weighted by Crippen LogP contribution is -2.49. The molecule has 0 radical (unpaired) electrons. The van der Waals surface area contributed by atoms with Crippen LogP contribution in [-0.4, -0.2) is 155 Å². The summed E-state index contributed by atoms with van der Waals surface area (Å²) in [7, 11) is 0. The number of hydrogen-bond acceptors (Lipinski definition) is 19. The largest absolute Gasteiger partial charge is 0.480 e. The number of hydrogen-bond donors (Lipinski definition) is 10. The molecule has 2 aromatic heterocycles. The Kier molecular flexibility index (Phi) is 23.8. The quantitative estimate of drug-likeness (QED) is 0.0334. The number of carboxylic acids is 4. The summed E-state index contributed by atoms with van der Waals surface area (Å²) >= 11 is 4.63. The average Bonchev–Trinajstić information content (AvgIpc) is 3.24. The van der Waals surface area contributed by atoms with Crippen LogP contribution in [0.4, 0.5) is 0 Å². The van der Waals surface area contributed by atoms with Gasteiger partial charge in [0, 0.05) is 43.4 Å². The monoisotopic (exact) mass is 944 g/mol. The van der Waals surface area contributed by atoms with Crippen LogP contribution in [0, 0.1) is 0 Å². The minimum absolute atomic E-state index is 0.190. The predicted molar refractivity (Wildman–Crippen MR) is 227 cm³/mol. The van der Waals surface area contributed by atoms with Crippen molar-refractivity contribution in [1.82, 2.24) is 41.2 Å². The number of thioether (sulfide) groups is 4. The maximum atomic E-state index is 14.1. The van der Waals surface area contributed by atoms with Crippen LogP contribution < -0.4 is 32.7 Å². The minimum Gasteiger partial charge on any atom is -0.480 e. The van der Waals surface area contributed by atoms with E-state index >= 15 is 0 Å². The lowest BCUT2D eigenvalue weighted by atomic mass is 10.1. The Morgan fingerprint density at radius 2 is 1.16 bits per heavy atom. The van der Waals surface area contributed by atoms with Gasteiger partial charge in [-0.25, -0.2) is 19.9 Å². The fraction of sp³-hybridized carbons (Fsp3) is 0.514. The number of carbonyl (C=O) groups excluding carboxylic acids is 5. The molecule has 0 aliphatic carbocycles. The highest BCUT2D eigenvalue weighted by molar-refractivity contribution is 8.00. The molecule has 0 spiro atoms. The molecule has 23 nitrogen and oxygen atoms in total. The molecule has 0 aromatic carbocycles. The van der Waals surface area contributed by atoms with Crippen molar-refractivity contribution in [3.8, 4) is 0 Å². The molecule has 4 amide bonds. The van der Waals surface area contributed by atoms with E-state index in [1.54, 1.807) is 24.6 Å². The summed E-state index contributed by atoms with van der Waals surface area (Å²) in [6.07, 6.45) is 4.55. The van der Waals surface area contributed by atoms with E-state index in [4.69, 9.17) is 31.9 Å². The van der Waals surface area contributed by atoms with Crippen LogP contribution in [0.1, 0.15) is 60.5 Å². The number of carboxylic acid groups (broad SMARTS) is 4. The number of aliphatic carboxylic acids is 4. The van der Waals surface area contributed by atoms with Crippen molar-refractivity contribution >= 4 is 100 Å². The van der Waals surface area contributed by atoms with Crippen molar-refractivity contribution in [2.24, 2.45) is 11.5 Å². The average molecular weight is 945 g/mol. The Morgan fingerprint density at radius 1 is 0.677 bits per heavy atom. The van der Waals surface area contributed by atoms with Crippen LogP contribution in [0.25, 0.3) is 0 Å². The van der Waals surface area contributed by atoms with Gasteiger partial charge in [0.15, 0.2) is 0 Å². The van der Waals surface area contributed by atoms with E-state index < -0.39 is 95.3 Å². The van der Waals surface area contributed by atoms with Gasteiger partial charge >= 0.3 is 23.9 Å². The van der Waals surface area contributed by atoms with Crippen molar-refractivity contribution in [1.29, 1.82) is 0 Å². The lowest BCUT2D eigenvalue weighted by molar-refractivity contribution is -0.140. The lowest BCUT2D eigenvalue weighted by Gasteiger charge is -2.23. The first-order valence-corrected chi connectivity index (χ1v) is 22.9. The number of nitrogens with two attached hydrogens (primary N) is 2. The van der Waals surface area contributed by atoms with Crippen molar-refractivity contribution in [2.75, 3.05) is 37.1 Å². The molecular weight excluding hydrogens is 897 g/mol. The molecule has 2 aromatic rings. The molecule has 2 heterocycles. The predicted octanol–water partition coefficient (Wildman–Crippen LogP) is -0.936. The Labute approximate surface area is 371 Å². The summed E-state index contributed by atoms with van der Waals surface area (Å²) in [6, 6.07) is -2.14. The molecule has 0 bridgehead atoms. The van der Waals surface area contributed by atoms with Gasteiger partial charge in [-0.1, -0.05) is 0 Å². The second-order valence-electron chi connectivity index (χ2n) is 13.0. The van der Waals surface area contributed by atoms with Gasteiger partial charge in [-0.05, 0) is 37.5 Å². The number of rotatable bonds is 30. The van der Waals surface area contributed by atoms with Gasteiger partial charge in [0.2, 0.25) is 23.6 Å². The topological polar surface area (TPSA) is 386 Å². The number of amides is 4. The van der Waals surface area contributed by atoms with Gasteiger partial charge in [0.25, 0.3) is 0 Å². The molecule has 2 rings (SSSR count). The first-order valence-electron chi connectivity index (χ1n) is 18.4. The molecule has 27 heteroatoms. The second kappa shape index (κ2) is 27.8. The molecule has 0 saturated carbocycles. The Balaban J connectivity index is 2.43. The van der Waals surface area contributed by atoms with E-state index in [1.807, 2.05) is 0 Å². The molecule has 0 aliphatic heterocycles. The minimum atomic E-state index is -1.36. The Bertz CT molecular complexity index is 1790. The summed E-state index contributed by atoms with van der Waals surface area (Å²) < 4.78 is 0. The van der Waals surface area contributed by atoms with E-state index in [1.165, 1.54) is 36.0 Å². The zero-order valence-electron chi connectivity index (χ0n) is 33.4. The smallest absolute Gasteiger partial charge is 0.322 e. The highest BCUT2D eigenvalue weighted by Gasteiger charge is 2.30. The number of Topliss-reactive ketones (excluding diaryl/α,β-unsaturated/α-hetero) is 1. The number of nitrogens with zero attached hydrogens (tertiary/aromatic N) is 4. The van der Waals surface area contributed by atoms with Crippen LogP contribution in [-0.2, 0) is 43.2 Å². The van der Waals surface area contributed by atoms with Crippen molar-refractivity contribution in [3.63, 3.8) is 0 Å². The normalized spacial score (nSPS) is 13.9. The second-order valence-corrected chi connectivity index (χ2v) is 17.1. The van der Waals surface area contributed by atoms with Gasteiger partial charge in [-0.2, -0.15) is 0 Å². The van der Waals surface area contributed by atoms with Gasteiger partial charge in [-0.3, -0.25) is 43.2 Å². The SMILES string of the molecule is CSc1cc(C(CC(=O)CC(SC[C@H](NC(=O)CC[C@@H](N)C(=O)O)C(=O)NCC(=O)O)c2nccc(SC)n2)SC[C@H](NC(=O)CC[C@H](N)C(=O)O)C(=O)NCC(=O)O)ncn1. The van der Waals surface area contributed by atoms with Crippen molar-refractivity contribution in [3.05, 3.63) is 36.2 Å². The third-order valence-electron chi connectivity index (χ3n) is 8.23. The first kappa shape index (κ1) is 53.0. The highest BCUT2D eigenvalue weighted by atomic mass is 32.2. The summed E-state index contributed by atoms with van der Waals surface area (Å²) in [5.74, 6) is -9.23. The third kappa shape index (κ3) is 20.2. The summed E-state index contributed by atoms with van der Waals surface area (Å²) in [5, 5.41) is 45.2. The van der Waals surface area contributed by atoms with Gasteiger partial charge in [0.1, 0.15) is 55.2 Å². The van der Waals surface area contributed by atoms with Crippen LogP contribution in [0.5, 0.6) is 0 Å². The number of aromatic nitrogens is 4. The Morgan fingerprint density at radius 3 is 1.63 bits per heavy atom. The zero-order valence-corrected chi connectivity index (χ0v) is 36.7. The molecule has 62 heavy (non-hydrogen) atoms. The first-order chi connectivity index (χ1) is 29.3. The summed E-state index contributed by atoms with van der Waals surface area (Å²) in [5.41, 5.74) is 11.4. The number of ketones is 1. The molecular formula is C35H48N10O13S4. The van der Waals surface area contributed by atoms with Crippen LogP contribution in [0.2, 0.25) is 0 Å². The highest BCUT2D eigenvalue weighted by Crippen LogP contribution is 2.37. The zero-order chi connectivity index (χ0) is 46.4. The van der Waals surface area contributed by atoms with Gasteiger partial charge in [0.05, 0.1) is 26.2 Å². The maximum absolute atomic E-state index is 14.1. The van der Waals surface area contributed by atoms with Gasteiger partial charge in [-0.15, -0.1) is 47.0 Å². The number of nitrogens with one attached hydrogen (secondary N) is 4. The molecule has 2 unspecified atom stereocenters. The van der Waals surface area contributed by atoms with Crippen LogP contribution in [0.15, 0.2) is 34.7 Å². The molecule has 12 N–H and O–H groups in total. The van der Waals surface area contributed by atoms with Crippen molar-refractivity contribution < 1.29 is 63.6 Å². The van der Waals surface area contributed by atoms with E-state index in [0.29, 0.717) is 15.7 Å². The van der Waals surface area contributed by atoms with E-state index in [0.717, 1.165) is 23.5 Å². The Hall–Kier alpha value is -5.09. The molecule has 0 fully saturated rings. The third-order valence-corrected chi connectivity index (χ3v) is 12.2. The maximum Gasteiger partial charge on any atom is 0.322 e. The molecule has 0 aliphatic rings. The van der Waals surface area contributed by atoms with Gasteiger partial charge < -0.3 is 53.2 Å². The van der Waals surface area contributed by atoms with E-state index in [2.05, 4.69) is 41.2 Å².